The van der Waals surface area contributed by atoms with Gasteiger partial charge in [-0.3, -0.25) is 4.99 Å². The molecular formula is C12H17F2IN4. The first kappa shape index (κ1) is 16.1. The van der Waals surface area contributed by atoms with Crippen LogP contribution < -0.4 is 11.1 Å². The number of guanidine groups is 1. The summed E-state index contributed by atoms with van der Waals surface area (Å²) in [7, 11) is 0. The number of hydrogen-bond acceptors (Lipinski definition) is 2. The van der Waals surface area contributed by atoms with Gasteiger partial charge in [-0.25, -0.2) is 8.78 Å². The van der Waals surface area contributed by atoms with Crippen LogP contribution in [0.5, 0.6) is 0 Å². The molecule has 2 rings (SSSR count). The van der Waals surface area contributed by atoms with Gasteiger partial charge in [-0.2, -0.15) is 0 Å². The first-order chi connectivity index (χ1) is 8.65. The highest BCUT2D eigenvalue weighted by Gasteiger charge is 2.12. The highest BCUT2D eigenvalue weighted by molar-refractivity contribution is 14.0. The molecule has 0 unspecified atom stereocenters. The molecule has 3 N–H and O–H groups in total. The van der Waals surface area contributed by atoms with Gasteiger partial charge >= 0.3 is 0 Å². The van der Waals surface area contributed by atoms with Crippen LogP contribution >= 0.6 is 24.0 Å². The second-order valence-corrected chi connectivity index (χ2v) is 4.21. The van der Waals surface area contributed by atoms with Gasteiger partial charge in [0.25, 0.3) is 0 Å². The molecule has 0 saturated carbocycles. The average molecular weight is 382 g/mol. The lowest BCUT2D eigenvalue weighted by Gasteiger charge is -2.29. The molecule has 1 fully saturated rings. The topological polar surface area (TPSA) is 53.6 Å². The summed E-state index contributed by atoms with van der Waals surface area (Å²) in [6.07, 6.45) is 1.23. The predicted molar refractivity (Wildman–Crippen MR) is 82.9 cm³/mol. The average Bonchev–Trinajstić information content (AvgIpc) is 2.27. The van der Waals surface area contributed by atoms with Crippen molar-refractivity contribution >= 4 is 35.6 Å². The largest absolute Gasteiger partial charge is 0.370 e. The number of halogens is 3. The molecule has 0 aromatic heterocycles. The van der Waals surface area contributed by atoms with Crippen LogP contribution in [0.2, 0.25) is 0 Å². The van der Waals surface area contributed by atoms with E-state index in [4.69, 9.17) is 5.73 Å². The van der Waals surface area contributed by atoms with E-state index < -0.39 is 11.6 Å². The summed E-state index contributed by atoms with van der Waals surface area (Å²) in [5.41, 5.74) is 5.60. The number of nitrogens with one attached hydrogen (secondary N) is 1. The molecule has 0 bridgehead atoms. The Kier molecular flexibility index (Phi) is 6.43. The molecular weight excluding hydrogens is 365 g/mol. The zero-order valence-corrected chi connectivity index (χ0v) is 12.7. The Bertz CT molecular complexity index is 449. The minimum atomic E-state index is -0.558. The Hall–Kier alpha value is -0.960. The fourth-order valence-electron chi connectivity index (χ4n) is 1.69. The fourth-order valence-corrected chi connectivity index (χ4v) is 1.69. The molecule has 1 heterocycles. The minimum Gasteiger partial charge on any atom is -0.370 e. The van der Waals surface area contributed by atoms with Gasteiger partial charge in [0.15, 0.2) is 5.96 Å². The Morgan fingerprint density at radius 3 is 2.74 bits per heavy atom. The molecule has 1 saturated heterocycles. The highest BCUT2D eigenvalue weighted by Crippen LogP contribution is 2.14. The van der Waals surface area contributed by atoms with Crippen molar-refractivity contribution in [1.29, 1.82) is 0 Å². The Labute approximate surface area is 128 Å². The number of anilines is 1. The van der Waals surface area contributed by atoms with Gasteiger partial charge in [0.05, 0.1) is 12.2 Å². The molecule has 19 heavy (non-hydrogen) atoms. The molecule has 0 spiro atoms. The molecule has 0 aliphatic carbocycles. The third-order valence-electron chi connectivity index (χ3n) is 2.84. The van der Waals surface area contributed by atoms with Crippen molar-refractivity contribution in [3.63, 3.8) is 0 Å². The van der Waals surface area contributed by atoms with Crippen molar-refractivity contribution in [3.8, 4) is 0 Å². The van der Waals surface area contributed by atoms with Crippen LogP contribution in [0.15, 0.2) is 23.2 Å². The Balaban J connectivity index is 0.00000180. The number of nitrogens with zero attached hydrogens (tertiary/aromatic N) is 2. The van der Waals surface area contributed by atoms with Crippen LogP contribution in [-0.4, -0.2) is 37.0 Å². The fraction of sp³-hybridized carbons (Fsp3) is 0.417. The van der Waals surface area contributed by atoms with Crippen LogP contribution in [0.25, 0.3) is 0 Å². The smallest absolute Gasteiger partial charge is 0.193 e. The lowest BCUT2D eigenvalue weighted by Crippen LogP contribution is -2.39. The summed E-state index contributed by atoms with van der Waals surface area (Å²) in [6, 6.07) is 3.15. The number of nitrogens with two attached hydrogens (primary N) is 1. The maximum absolute atomic E-state index is 13.3. The van der Waals surface area contributed by atoms with Gasteiger partial charge in [-0.05, 0) is 31.6 Å². The number of benzene rings is 1. The molecule has 1 aromatic carbocycles. The third kappa shape index (κ3) is 4.90. The van der Waals surface area contributed by atoms with Crippen molar-refractivity contribution in [2.45, 2.75) is 6.42 Å². The first-order valence-corrected chi connectivity index (χ1v) is 5.89. The lowest BCUT2D eigenvalue weighted by molar-refractivity contribution is 0.187. The predicted octanol–water partition coefficient (Wildman–Crippen LogP) is 2.02. The monoisotopic (exact) mass is 382 g/mol. The Morgan fingerprint density at radius 2 is 2.11 bits per heavy atom. The van der Waals surface area contributed by atoms with Crippen molar-refractivity contribution in [2.75, 3.05) is 31.5 Å². The number of hydrogen-bond donors (Lipinski definition) is 2. The van der Waals surface area contributed by atoms with Gasteiger partial charge in [0.2, 0.25) is 0 Å². The lowest BCUT2D eigenvalue weighted by atomic mass is 10.2. The van der Waals surface area contributed by atoms with E-state index in [0.717, 1.165) is 37.8 Å². The van der Waals surface area contributed by atoms with Crippen molar-refractivity contribution in [2.24, 2.45) is 10.7 Å². The van der Waals surface area contributed by atoms with Gasteiger partial charge in [0.1, 0.15) is 11.6 Å². The summed E-state index contributed by atoms with van der Waals surface area (Å²) in [5.74, 6) is -0.982. The van der Waals surface area contributed by atoms with Crippen LogP contribution in [-0.2, 0) is 0 Å². The van der Waals surface area contributed by atoms with Gasteiger partial charge in [0, 0.05) is 12.6 Å². The highest BCUT2D eigenvalue weighted by atomic mass is 127. The standard InChI is InChI=1S/C12H16F2N4.HI/c13-9-2-3-10(14)11(8-9)17-12(15)16-4-7-18-5-1-6-18;/h2-3,8H,1,4-7H2,(H3,15,16,17);1H. The van der Waals surface area contributed by atoms with Crippen LogP contribution in [0.1, 0.15) is 6.42 Å². The summed E-state index contributed by atoms with van der Waals surface area (Å²) in [4.78, 5) is 6.31. The van der Waals surface area contributed by atoms with E-state index >= 15 is 0 Å². The maximum Gasteiger partial charge on any atom is 0.193 e. The van der Waals surface area contributed by atoms with E-state index in [1.807, 2.05) is 0 Å². The summed E-state index contributed by atoms with van der Waals surface area (Å²) < 4.78 is 26.2. The number of likely N-dealkylation sites (tertiary alicyclic amines) is 1. The number of rotatable bonds is 4. The summed E-state index contributed by atoms with van der Waals surface area (Å²) >= 11 is 0. The second kappa shape index (κ2) is 7.59. The number of aliphatic imine (C=N–C) groups is 1. The van der Waals surface area contributed by atoms with Gasteiger partial charge in [-0.1, -0.05) is 0 Å². The van der Waals surface area contributed by atoms with Crippen LogP contribution in [0, 0.1) is 11.6 Å². The molecule has 0 amide bonds. The summed E-state index contributed by atoms with van der Waals surface area (Å²) in [6.45, 7) is 3.59. The Morgan fingerprint density at radius 1 is 1.37 bits per heavy atom. The van der Waals surface area contributed by atoms with Crippen LogP contribution in [0.3, 0.4) is 0 Å². The normalized spacial score (nSPS) is 15.6. The van der Waals surface area contributed by atoms with E-state index in [9.17, 15) is 8.78 Å². The SMILES string of the molecule is I.NC(=NCCN1CCC1)Nc1cc(F)ccc1F. The quantitative estimate of drug-likeness (QED) is 0.476. The molecule has 7 heteroatoms. The molecule has 106 valence electrons. The molecule has 1 aromatic rings. The molecule has 0 radical (unpaired) electrons. The van der Waals surface area contributed by atoms with E-state index in [2.05, 4.69) is 15.2 Å². The van der Waals surface area contributed by atoms with Gasteiger partial charge in [-0.15, -0.1) is 24.0 Å². The zero-order chi connectivity index (χ0) is 13.0. The van der Waals surface area contributed by atoms with Crippen molar-refractivity contribution in [1.82, 2.24) is 4.90 Å². The third-order valence-corrected chi connectivity index (χ3v) is 2.84. The minimum absolute atomic E-state index is 0. The van der Waals surface area contributed by atoms with E-state index in [-0.39, 0.29) is 35.6 Å². The molecule has 0 atom stereocenters. The van der Waals surface area contributed by atoms with E-state index in [1.165, 1.54) is 6.42 Å². The molecule has 1 aliphatic rings. The van der Waals surface area contributed by atoms with E-state index in [1.54, 1.807) is 0 Å². The molecule has 4 nitrogen and oxygen atoms in total. The van der Waals surface area contributed by atoms with Gasteiger partial charge < -0.3 is 16.0 Å². The zero-order valence-electron chi connectivity index (χ0n) is 10.4. The van der Waals surface area contributed by atoms with E-state index in [0.29, 0.717) is 6.54 Å². The maximum atomic E-state index is 13.3. The summed E-state index contributed by atoms with van der Waals surface area (Å²) in [5, 5.41) is 2.56. The molecule has 1 aliphatic heterocycles. The van der Waals surface area contributed by atoms with Crippen molar-refractivity contribution < 1.29 is 8.78 Å². The second-order valence-electron chi connectivity index (χ2n) is 4.21. The van der Waals surface area contributed by atoms with Crippen LogP contribution in [0.4, 0.5) is 14.5 Å². The van der Waals surface area contributed by atoms with Crippen molar-refractivity contribution in [3.05, 3.63) is 29.8 Å². The first-order valence-electron chi connectivity index (χ1n) is 5.89.